The van der Waals surface area contributed by atoms with Crippen LogP contribution >= 0.6 is 0 Å². The van der Waals surface area contributed by atoms with Gasteiger partial charge in [0.1, 0.15) is 0 Å². The highest BCUT2D eigenvalue weighted by molar-refractivity contribution is 5.83. The van der Waals surface area contributed by atoms with Gasteiger partial charge < -0.3 is 9.80 Å². The third-order valence-electron chi connectivity index (χ3n) is 8.74. The van der Waals surface area contributed by atoms with Gasteiger partial charge in [-0.1, -0.05) is 67.3 Å². The molecule has 0 saturated heterocycles. The topological polar surface area (TPSA) is 6.48 Å². The molecule has 6 aromatic carbocycles. The molecule has 6 rings (SSSR count). The average molecular weight is 599 g/mol. The fourth-order valence-corrected chi connectivity index (χ4v) is 6.40. The molecule has 0 aromatic heterocycles. The van der Waals surface area contributed by atoms with Gasteiger partial charge in [-0.25, -0.2) is 0 Å². The van der Waals surface area contributed by atoms with E-state index in [4.69, 9.17) is 0 Å². The summed E-state index contributed by atoms with van der Waals surface area (Å²) in [6.07, 6.45) is 1.92. The lowest BCUT2D eigenvalue weighted by Gasteiger charge is -2.28. The van der Waals surface area contributed by atoms with E-state index in [0.29, 0.717) is 0 Å². The number of nitrogens with zero attached hydrogens (tertiary/aromatic N) is 2. The van der Waals surface area contributed by atoms with Crippen LogP contribution in [0.3, 0.4) is 0 Å². The van der Waals surface area contributed by atoms with Crippen LogP contribution < -0.4 is 9.80 Å². The van der Waals surface area contributed by atoms with E-state index in [1.54, 1.807) is 0 Å². The van der Waals surface area contributed by atoms with Crippen molar-refractivity contribution in [3.05, 3.63) is 173 Å². The molecule has 2 nitrogen and oxygen atoms in total. The molecule has 0 atom stereocenters. The second kappa shape index (κ2) is 12.9. The molecule has 0 spiro atoms. The van der Waals surface area contributed by atoms with Gasteiger partial charge >= 0.3 is 0 Å². The number of benzene rings is 6. The van der Waals surface area contributed by atoms with Crippen LogP contribution in [-0.4, -0.2) is 0 Å². The zero-order chi connectivity index (χ0) is 32.4. The minimum atomic E-state index is 1.13. The quantitative estimate of drug-likeness (QED) is 0.172. The molecule has 0 saturated carbocycles. The standard InChI is InChI=1S/C44H42N2/c1-8-36-18-19-40(27-33(36)5)46(39-17-11-14-32(4)26-39)42-21-23-44(35(7)29-42)43-22-20-41(28-34(43)6)45(37-15-9-12-30(2)24-37)38-16-10-13-31(3)25-38/h8-29H,1H2,2-7H3. The van der Waals surface area contributed by atoms with Crippen molar-refractivity contribution in [2.75, 3.05) is 9.80 Å². The van der Waals surface area contributed by atoms with Crippen molar-refractivity contribution in [2.45, 2.75) is 41.5 Å². The summed E-state index contributed by atoms with van der Waals surface area (Å²) in [5, 5.41) is 0. The van der Waals surface area contributed by atoms with E-state index < -0.39 is 0 Å². The molecule has 228 valence electrons. The first-order valence-corrected chi connectivity index (χ1v) is 16.0. The zero-order valence-corrected chi connectivity index (χ0v) is 27.8. The molecule has 46 heavy (non-hydrogen) atoms. The van der Waals surface area contributed by atoms with Crippen LogP contribution in [0.1, 0.15) is 38.9 Å². The second-order valence-electron chi connectivity index (χ2n) is 12.4. The largest absolute Gasteiger partial charge is 0.310 e. The van der Waals surface area contributed by atoms with Crippen LogP contribution in [0.4, 0.5) is 34.1 Å². The van der Waals surface area contributed by atoms with Crippen LogP contribution in [0, 0.1) is 41.5 Å². The highest BCUT2D eigenvalue weighted by Crippen LogP contribution is 2.41. The molecule has 0 amide bonds. The van der Waals surface area contributed by atoms with Gasteiger partial charge in [0.25, 0.3) is 0 Å². The summed E-state index contributed by atoms with van der Waals surface area (Å²) in [5.74, 6) is 0. The number of hydrogen-bond donors (Lipinski definition) is 0. The van der Waals surface area contributed by atoms with Gasteiger partial charge in [0, 0.05) is 34.1 Å². The Kier molecular flexibility index (Phi) is 8.63. The number of rotatable bonds is 8. The molecule has 0 unspecified atom stereocenters. The smallest absolute Gasteiger partial charge is 0.0464 e. The Morgan fingerprint density at radius 3 is 1.07 bits per heavy atom. The van der Waals surface area contributed by atoms with E-state index in [9.17, 15) is 0 Å². The van der Waals surface area contributed by atoms with Crippen molar-refractivity contribution in [3.8, 4) is 11.1 Å². The zero-order valence-electron chi connectivity index (χ0n) is 27.8. The molecule has 6 aromatic rings. The normalized spacial score (nSPS) is 10.9. The molecule has 0 N–H and O–H groups in total. The summed E-state index contributed by atoms with van der Waals surface area (Å²) in [4.78, 5) is 4.70. The number of hydrogen-bond acceptors (Lipinski definition) is 2. The van der Waals surface area contributed by atoms with Crippen LogP contribution in [0.5, 0.6) is 0 Å². The van der Waals surface area contributed by atoms with Crippen molar-refractivity contribution in [1.82, 2.24) is 0 Å². The predicted octanol–water partition coefficient (Wildman–Crippen LogP) is 12.8. The Morgan fingerprint density at radius 2 is 0.739 bits per heavy atom. The van der Waals surface area contributed by atoms with Gasteiger partial charge in [0.05, 0.1) is 0 Å². The van der Waals surface area contributed by atoms with Crippen molar-refractivity contribution < 1.29 is 0 Å². The van der Waals surface area contributed by atoms with Gasteiger partial charge in [-0.2, -0.15) is 0 Å². The van der Waals surface area contributed by atoms with Crippen molar-refractivity contribution >= 4 is 40.2 Å². The summed E-state index contributed by atoms with van der Waals surface area (Å²) in [6, 6.07) is 46.4. The van der Waals surface area contributed by atoms with Crippen molar-refractivity contribution in [1.29, 1.82) is 0 Å². The molecular weight excluding hydrogens is 556 g/mol. The minimum Gasteiger partial charge on any atom is -0.310 e. The summed E-state index contributed by atoms with van der Waals surface area (Å²) < 4.78 is 0. The van der Waals surface area contributed by atoms with Crippen LogP contribution in [-0.2, 0) is 0 Å². The molecule has 0 radical (unpaired) electrons. The molecular formula is C44H42N2. The van der Waals surface area contributed by atoms with E-state index in [-0.39, 0.29) is 0 Å². The Bertz CT molecular complexity index is 2010. The highest BCUT2D eigenvalue weighted by atomic mass is 15.1. The lowest BCUT2D eigenvalue weighted by atomic mass is 9.95. The molecule has 2 heteroatoms. The summed E-state index contributed by atoms with van der Waals surface area (Å²) in [7, 11) is 0. The monoisotopic (exact) mass is 598 g/mol. The summed E-state index contributed by atoms with van der Waals surface area (Å²) in [6.45, 7) is 17.0. The minimum absolute atomic E-state index is 1.13. The van der Waals surface area contributed by atoms with Crippen LogP contribution in [0.15, 0.2) is 134 Å². The first-order valence-electron chi connectivity index (χ1n) is 16.0. The fraction of sp³-hybridized carbons (Fsp3) is 0.136. The van der Waals surface area contributed by atoms with E-state index in [1.165, 1.54) is 44.5 Å². The first kappa shape index (κ1) is 30.7. The van der Waals surface area contributed by atoms with Gasteiger partial charge in [-0.05, 0) is 164 Å². The molecule has 0 aliphatic rings. The van der Waals surface area contributed by atoms with E-state index in [1.807, 2.05) is 6.08 Å². The van der Waals surface area contributed by atoms with Gasteiger partial charge in [-0.15, -0.1) is 0 Å². The summed E-state index contributed by atoms with van der Waals surface area (Å²) >= 11 is 0. The maximum Gasteiger partial charge on any atom is 0.0464 e. The third kappa shape index (κ3) is 6.25. The van der Waals surface area contributed by atoms with E-state index >= 15 is 0 Å². The Labute approximate surface area is 274 Å². The SMILES string of the molecule is C=Cc1ccc(N(c2cccc(C)c2)c2ccc(-c3ccc(N(c4cccc(C)c4)c4cccc(C)c4)cc3C)c(C)c2)cc1C. The molecule has 0 bridgehead atoms. The number of aryl methyl sites for hydroxylation is 6. The first-order chi connectivity index (χ1) is 22.2. The second-order valence-corrected chi connectivity index (χ2v) is 12.4. The Hall–Kier alpha value is -5.34. The van der Waals surface area contributed by atoms with Crippen LogP contribution in [0.2, 0.25) is 0 Å². The fourth-order valence-electron chi connectivity index (χ4n) is 6.40. The Morgan fingerprint density at radius 1 is 0.391 bits per heavy atom. The lowest BCUT2D eigenvalue weighted by Crippen LogP contribution is -2.11. The van der Waals surface area contributed by atoms with Gasteiger partial charge in [0.15, 0.2) is 0 Å². The van der Waals surface area contributed by atoms with E-state index in [2.05, 4.69) is 185 Å². The van der Waals surface area contributed by atoms with E-state index in [0.717, 1.165) is 39.7 Å². The molecule has 0 aliphatic heterocycles. The maximum atomic E-state index is 3.99. The number of anilines is 6. The molecule has 0 fully saturated rings. The average Bonchev–Trinajstić information content (AvgIpc) is 3.02. The van der Waals surface area contributed by atoms with Crippen molar-refractivity contribution in [3.63, 3.8) is 0 Å². The Balaban J connectivity index is 1.41. The van der Waals surface area contributed by atoms with Crippen molar-refractivity contribution in [2.24, 2.45) is 0 Å². The maximum absolute atomic E-state index is 3.99. The highest BCUT2D eigenvalue weighted by Gasteiger charge is 2.18. The lowest BCUT2D eigenvalue weighted by molar-refractivity contribution is 1.24. The van der Waals surface area contributed by atoms with Gasteiger partial charge in [-0.3, -0.25) is 0 Å². The third-order valence-corrected chi connectivity index (χ3v) is 8.74. The van der Waals surface area contributed by atoms with Gasteiger partial charge in [0.2, 0.25) is 0 Å². The molecule has 0 aliphatic carbocycles. The van der Waals surface area contributed by atoms with Crippen LogP contribution in [0.25, 0.3) is 17.2 Å². The molecule has 0 heterocycles. The predicted molar refractivity (Wildman–Crippen MR) is 200 cm³/mol. The summed E-state index contributed by atoms with van der Waals surface area (Å²) in [5.41, 5.74) is 17.9.